The zero-order valence-electron chi connectivity index (χ0n) is 16.9. The van der Waals surface area contributed by atoms with Gasteiger partial charge < -0.3 is 14.5 Å². The second-order valence-corrected chi connectivity index (χ2v) is 8.48. The first-order valence-electron chi connectivity index (χ1n) is 9.28. The summed E-state index contributed by atoms with van der Waals surface area (Å²) in [5.74, 6) is 0.394. The lowest BCUT2D eigenvalue weighted by Gasteiger charge is -2.07. The van der Waals surface area contributed by atoms with E-state index in [0.717, 1.165) is 21.5 Å². The third kappa shape index (κ3) is 3.50. The molecule has 1 amide bonds. The molecule has 30 heavy (non-hydrogen) atoms. The molecule has 0 unspecified atom stereocenters. The van der Waals surface area contributed by atoms with Gasteiger partial charge in [0.05, 0.1) is 17.7 Å². The highest BCUT2D eigenvalue weighted by atomic mass is 32.1. The quantitative estimate of drug-likeness (QED) is 0.419. The van der Waals surface area contributed by atoms with Crippen molar-refractivity contribution in [3.8, 4) is 11.3 Å². The normalized spacial score (nSPS) is 11.1. The number of amides is 1. The number of thiophene rings is 2. The maximum absolute atomic E-state index is 13.1. The van der Waals surface area contributed by atoms with Gasteiger partial charge in [-0.2, -0.15) is 0 Å². The summed E-state index contributed by atoms with van der Waals surface area (Å²) >= 11 is 2.57. The van der Waals surface area contributed by atoms with Crippen LogP contribution in [0.4, 0.5) is 5.00 Å². The fourth-order valence-electron chi connectivity index (χ4n) is 3.32. The van der Waals surface area contributed by atoms with E-state index < -0.39 is 5.97 Å². The number of carbonyl (C=O) groups excluding carboxylic acids is 2. The molecule has 0 aliphatic heterocycles. The van der Waals surface area contributed by atoms with Crippen molar-refractivity contribution in [1.29, 1.82) is 0 Å². The van der Waals surface area contributed by atoms with E-state index in [1.807, 2.05) is 20.8 Å². The van der Waals surface area contributed by atoms with Crippen LogP contribution in [0.25, 0.3) is 21.5 Å². The molecule has 0 aliphatic carbocycles. The molecule has 0 saturated heterocycles. The summed E-state index contributed by atoms with van der Waals surface area (Å²) in [5.41, 5.74) is 2.54. The van der Waals surface area contributed by atoms with Crippen molar-refractivity contribution >= 4 is 49.8 Å². The Morgan fingerprint density at radius 1 is 1.23 bits per heavy atom. The summed E-state index contributed by atoms with van der Waals surface area (Å²) in [6.07, 6.45) is 1.53. The molecule has 0 spiro atoms. The van der Waals surface area contributed by atoms with E-state index in [-0.39, 0.29) is 18.1 Å². The Labute approximate surface area is 180 Å². The van der Waals surface area contributed by atoms with Gasteiger partial charge in [0.15, 0.2) is 0 Å². The lowest BCUT2D eigenvalue weighted by Crippen LogP contribution is -2.14. The average molecular weight is 442 g/mol. The fourth-order valence-corrected chi connectivity index (χ4v) is 5.42. The van der Waals surface area contributed by atoms with Gasteiger partial charge in [0, 0.05) is 22.0 Å². The number of fused-ring (bicyclic) bond motifs is 1. The molecule has 154 valence electrons. The second-order valence-electron chi connectivity index (χ2n) is 6.60. The molecule has 0 aliphatic rings. The van der Waals surface area contributed by atoms with Gasteiger partial charge in [-0.05, 0) is 45.4 Å². The van der Waals surface area contributed by atoms with Crippen LogP contribution in [0.3, 0.4) is 0 Å². The summed E-state index contributed by atoms with van der Waals surface area (Å²) in [4.78, 5) is 35.9. The predicted molar refractivity (Wildman–Crippen MR) is 118 cm³/mol. The van der Waals surface area contributed by atoms with E-state index in [0.29, 0.717) is 27.0 Å². The number of ether oxygens (including phenoxy) is 1. The second kappa shape index (κ2) is 8.00. The molecule has 0 saturated carbocycles. The van der Waals surface area contributed by atoms with Crippen molar-refractivity contribution in [3.63, 3.8) is 0 Å². The molecule has 1 N–H and O–H groups in total. The van der Waals surface area contributed by atoms with Crippen LogP contribution < -0.4 is 5.32 Å². The smallest absolute Gasteiger partial charge is 0.341 e. The highest BCUT2D eigenvalue weighted by molar-refractivity contribution is 7.21. The summed E-state index contributed by atoms with van der Waals surface area (Å²) in [7, 11) is 0. The first-order chi connectivity index (χ1) is 14.4. The van der Waals surface area contributed by atoms with E-state index in [1.54, 1.807) is 24.4 Å². The molecule has 4 rings (SSSR count). The van der Waals surface area contributed by atoms with Gasteiger partial charge in [-0.3, -0.25) is 4.79 Å². The summed E-state index contributed by atoms with van der Waals surface area (Å²) in [6, 6.07) is 3.50. The van der Waals surface area contributed by atoms with E-state index >= 15 is 0 Å². The van der Waals surface area contributed by atoms with Crippen LogP contribution in [0, 0.1) is 20.8 Å². The van der Waals surface area contributed by atoms with Crippen LogP contribution in [0.1, 0.15) is 44.0 Å². The Morgan fingerprint density at radius 3 is 2.73 bits per heavy atom. The largest absolute Gasteiger partial charge is 0.464 e. The molecular formula is C21H19N3O4S2. The highest BCUT2D eigenvalue weighted by Gasteiger charge is 2.26. The van der Waals surface area contributed by atoms with Gasteiger partial charge in [0.25, 0.3) is 5.91 Å². The number of hydrogen-bond acceptors (Lipinski definition) is 8. The maximum atomic E-state index is 13.1. The summed E-state index contributed by atoms with van der Waals surface area (Å²) in [6.45, 7) is 7.59. The average Bonchev–Trinajstić information content (AvgIpc) is 3.40. The number of furan rings is 1. The molecule has 7 nitrogen and oxygen atoms in total. The molecular weight excluding hydrogens is 422 g/mol. The van der Waals surface area contributed by atoms with Crippen LogP contribution in [-0.4, -0.2) is 28.5 Å². The Hall–Kier alpha value is -3.04. The first-order valence-corrected chi connectivity index (χ1v) is 11.0. The number of aryl methyl sites for hydroxylation is 3. The molecule has 0 radical (unpaired) electrons. The van der Waals surface area contributed by atoms with Crippen molar-refractivity contribution in [2.75, 3.05) is 11.9 Å². The van der Waals surface area contributed by atoms with E-state index in [9.17, 15) is 9.59 Å². The van der Waals surface area contributed by atoms with Crippen LogP contribution >= 0.6 is 22.7 Å². The zero-order chi connectivity index (χ0) is 21.4. The molecule has 4 aromatic heterocycles. The van der Waals surface area contributed by atoms with Gasteiger partial charge in [0.1, 0.15) is 27.0 Å². The van der Waals surface area contributed by atoms with Gasteiger partial charge in [-0.15, -0.1) is 22.7 Å². The molecule has 9 heteroatoms. The number of anilines is 1. The summed E-state index contributed by atoms with van der Waals surface area (Å²) < 4.78 is 10.7. The standard InChI is InChI=1S/C21H19N3O4S2/c1-5-27-21(26)16-13(14-7-6-8-28-14)9-29-19(16)24-18(25)17-10(2)15-11(3)22-12(4)23-20(15)30-17/h6-9H,5H2,1-4H3,(H,24,25). The maximum Gasteiger partial charge on any atom is 0.341 e. The third-order valence-electron chi connectivity index (χ3n) is 4.57. The van der Waals surface area contributed by atoms with Gasteiger partial charge >= 0.3 is 5.97 Å². The zero-order valence-corrected chi connectivity index (χ0v) is 18.5. The number of carbonyl (C=O) groups is 2. The van der Waals surface area contributed by atoms with Crippen LogP contribution in [-0.2, 0) is 4.74 Å². The van der Waals surface area contributed by atoms with Gasteiger partial charge in [-0.25, -0.2) is 14.8 Å². The van der Waals surface area contributed by atoms with E-state index in [1.165, 1.54) is 28.9 Å². The first kappa shape index (κ1) is 20.2. The number of nitrogens with one attached hydrogen (secondary N) is 1. The van der Waals surface area contributed by atoms with Crippen LogP contribution in [0.5, 0.6) is 0 Å². The molecule has 4 heterocycles. The number of rotatable bonds is 5. The topological polar surface area (TPSA) is 94.3 Å². The molecule has 4 aromatic rings. The molecule has 0 aromatic carbocycles. The van der Waals surface area contributed by atoms with E-state index in [2.05, 4.69) is 15.3 Å². The molecule has 0 bridgehead atoms. The Bertz CT molecular complexity index is 1260. The Morgan fingerprint density at radius 2 is 2.03 bits per heavy atom. The molecule has 0 fully saturated rings. The third-order valence-corrected chi connectivity index (χ3v) is 6.65. The highest BCUT2D eigenvalue weighted by Crippen LogP contribution is 2.38. The number of aromatic nitrogens is 2. The number of hydrogen-bond donors (Lipinski definition) is 1. The Balaban J connectivity index is 1.74. The van der Waals surface area contributed by atoms with Crippen molar-refractivity contribution in [2.24, 2.45) is 0 Å². The number of nitrogens with zero attached hydrogens (tertiary/aromatic N) is 2. The predicted octanol–water partition coefficient (Wildman–Crippen LogP) is 5.37. The minimum Gasteiger partial charge on any atom is -0.464 e. The van der Waals surface area contributed by atoms with Crippen molar-refractivity contribution in [3.05, 3.63) is 51.3 Å². The van der Waals surface area contributed by atoms with Crippen molar-refractivity contribution in [1.82, 2.24) is 9.97 Å². The van der Waals surface area contributed by atoms with Crippen molar-refractivity contribution in [2.45, 2.75) is 27.7 Å². The van der Waals surface area contributed by atoms with Crippen molar-refractivity contribution < 1.29 is 18.7 Å². The Kier molecular flexibility index (Phi) is 5.40. The monoisotopic (exact) mass is 441 g/mol. The fraction of sp³-hybridized carbons (Fsp3) is 0.238. The van der Waals surface area contributed by atoms with Crippen LogP contribution in [0.2, 0.25) is 0 Å². The minimum absolute atomic E-state index is 0.229. The SMILES string of the molecule is CCOC(=O)c1c(-c2ccco2)csc1NC(=O)c1sc2nc(C)nc(C)c2c1C. The van der Waals surface area contributed by atoms with Gasteiger partial charge in [0.2, 0.25) is 0 Å². The lowest BCUT2D eigenvalue weighted by atomic mass is 10.1. The van der Waals surface area contributed by atoms with Gasteiger partial charge in [-0.1, -0.05) is 0 Å². The van der Waals surface area contributed by atoms with E-state index in [4.69, 9.17) is 9.15 Å². The minimum atomic E-state index is -0.508. The number of esters is 1. The molecule has 0 atom stereocenters. The summed E-state index contributed by atoms with van der Waals surface area (Å²) in [5, 5.41) is 5.97. The van der Waals surface area contributed by atoms with Crippen LogP contribution in [0.15, 0.2) is 28.2 Å². The lowest BCUT2D eigenvalue weighted by molar-refractivity contribution is 0.0529.